The number of carbonyl (C=O) groups excluding carboxylic acids is 1. The molecule has 16 heavy (non-hydrogen) atoms. The van der Waals surface area contributed by atoms with Gasteiger partial charge in [-0.05, 0) is 12.8 Å². The molecule has 0 unspecified atom stereocenters. The molecule has 2 rings (SSSR count). The van der Waals surface area contributed by atoms with Crippen LogP contribution in [-0.4, -0.2) is 62.9 Å². The summed E-state index contributed by atoms with van der Waals surface area (Å²) in [6.07, 6.45) is 2.58. The summed E-state index contributed by atoms with van der Waals surface area (Å²) in [5.41, 5.74) is 0. The lowest BCUT2D eigenvalue weighted by molar-refractivity contribution is -0.127. The molecule has 2 aliphatic rings. The van der Waals surface area contributed by atoms with E-state index in [-0.39, 0.29) is 18.1 Å². The number of carbonyl (C=O) groups is 1. The van der Waals surface area contributed by atoms with Gasteiger partial charge in [0.1, 0.15) is 0 Å². The van der Waals surface area contributed by atoms with Crippen LogP contribution in [0.1, 0.15) is 12.8 Å². The quantitative estimate of drug-likeness (QED) is 0.715. The van der Waals surface area contributed by atoms with E-state index in [0.29, 0.717) is 13.2 Å². The predicted octanol–water partition coefficient (Wildman–Crippen LogP) is -0.388. The Balaban J connectivity index is 1.81. The fourth-order valence-electron chi connectivity index (χ4n) is 2.28. The summed E-state index contributed by atoms with van der Waals surface area (Å²) in [6, 6.07) is 0. The second-order valence-corrected chi connectivity index (χ2v) is 4.37. The van der Waals surface area contributed by atoms with Crippen LogP contribution in [0.4, 0.5) is 0 Å². The van der Waals surface area contributed by atoms with Gasteiger partial charge in [0.2, 0.25) is 5.91 Å². The average Bonchev–Trinajstić information content (AvgIpc) is 2.83. The molecule has 0 bridgehead atoms. The molecule has 0 aromatic carbocycles. The zero-order chi connectivity index (χ0) is 11.4. The fourth-order valence-corrected chi connectivity index (χ4v) is 2.28. The molecule has 2 saturated heterocycles. The van der Waals surface area contributed by atoms with Gasteiger partial charge in [-0.1, -0.05) is 0 Å². The molecule has 0 aromatic heterocycles. The van der Waals surface area contributed by atoms with Gasteiger partial charge in [-0.3, -0.25) is 9.69 Å². The molecular formula is C11H20N2O3. The lowest BCUT2D eigenvalue weighted by Crippen LogP contribution is -2.50. The van der Waals surface area contributed by atoms with E-state index in [0.717, 1.165) is 32.5 Å². The number of nitrogens with zero attached hydrogens (tertiary/aromatic N) is 1. The van der Waals surface area contributed by atoms with Crippen molar-refractivity contribution in [1.29, 1.82) is 0 Å². The first-order valence-electron chi connectivity index (χ1n) is 5.95. The van der Waals surface area contributed by atoms with Crippen LogP contribution < -0.4 is 5.32 Å². The molecule has 92 valence electrons. The molecule has 1 amide bonds. The van der Waals surface area contributed by atoms with Crippen molar-refractivity contribution in [2.45, 2.75) is 25.0 Å². The van der Waals surface area contributed by atoms with Gasteiger partial charge in [0.05, 0.1) is 25.4 Å². The number of nitrogens with one attached hydrogen (secondary N) is 1. The van der Waals surface area contributed by atoms with Crippen molar-refractivity contribution in [2.75, 3.05) is 39.9 Å². The van der Waals surface area contributed by atoms with Crippen molar-refractivity contribution < 1.29 is 14.3 Å². The van der Waals surface area contributed by atoms with Gasteiger partial charge in [0.25, 0.3) is 0 Å². The minimum Gasteiger partial charge on any atom is -0.375 e. The lowest BCUT2D eigenvalue weighted by atomic mass is 10.1. The number of rotatable bonds is 3. The van der Waals surface area contributed by atoms with Crippen molar-refractivity contribution in [3.8, 4) is 0 Å². The Hall–Kier alpha value is -0.650. The van der Waals surface area contributed by atoms with Crippen LogP contribution in [-0.2, 0) is 14.3 Å². The van der Waals surface area contributed by atoms with Gasteiger partial charge in [-0.15, -0.1) is 0 Å². The number of amides is 1. The third-order valence-electron chi connectivity index (χ3n) is 3.20. The second-order valence-electron chi connectivity index (χ2n) is 4.37. The van der Waals surface area contributed by atoms with E-state index in [1.165, 1.54) is 0 Å². The van der Waals surface area contributed by atoms with Crippen molar-refractivity contribution in [1.82, 2.24) is 10.2 Å². The van der Waals surface area contributed by atoms with Crippen molar-refractivity contribution in [3.05, 3.63) is 0 Å². The van der Waals surface area contributed by atoms with E-state index in [2.05, 4.69) is 10.2 Å². The summed E-state index contributed by atoms with van der Waals surface area (Å²) in [5.74, 6) is 0.0630. The molecule has 2 atom stereocenters. The number of morpholine rings is 1. The molecule has 0 saturated carbocycles. The monoisotopic (exact) mass is 228 g/mol. The summed E-state index contributed by atoms with van der Waals surface area (Å²) in [7, 11) is 1.67. The maximum absolute atomic E-state index is 11.3. The summed E-state index contributed by atoms with van der Waals surface area (Å²) >= 11 is 0. The van der Waals surface area contributed by atoms with Crippen LogP contribution in [0.3, 0.4) is 0 Å². The Morgan fingerprint density at radius 1 is 1.38 bits per heavy atom. The number of hydrogen-bond acceptors (Lipinski definition) is 4. The number of likely N-dealkylation sites (N-methyl/N-ethyl adjacent to an activating group) is 1. The molecule has 2 aliphatic heterocycles. The van der Waals surface area contributed by atoms with Crippen LogP contribution in [0.2, 0.25) is 0 Å². The van der Waals surface area contributed by atoms with Gasteiger partial charge >= 0.3 is 0 Å². The lowest BCUT2D eigenvalue weighted by Gasteiger charge is -2.34. The Morgan fingerprint density at radius 3 is 2.88 bits per heavy atom. The molecular weight excluding hydrogens is 208 g/mol. The Morgan fingerprint density at radius 2 is 2.19 bits per heavy atom. The number of hydrogen-bond donors (Lipinski definition) is 1. The van der Waals surface area contributed by atoms with E-state index in [9.17, 15) is 4.79 Å². The molecule has 0 radical (unpaired) electrons. The van der Waals surface area contributed by atoms with E-state index in [4.69, 9.17) is 9.47 Å². The summed E-state index contributed by atoms with van der Waals surface area (Å²) in [4.78, 5) is 13.4. The van der Waals surface area contributed by atoms with Crippen molar-refractivity contribution in [3.63, 3.8) is 0 Å². The molecule has 2 heterocycles. The molecule has 5 heteroatoms. The molecule has 2 fully saturated rings. The molecule has 1 N–H and O–H groups in total. The minimum atomic E-state index is 0.0630. The molecule has 0 spiro atoms. The van der Waals surface area contributed by atoms with Crippen LogP contribution in [0.25, 0.3) is 0 Å². The Kier molecular flexibility index (Phi) is 4.15. The van der Waals surface area contributed by atoms with Gasteiger partial charge in [0, 0.05) is 26.7 Å². The van der Waals surface area contributed by atoms with Crippen LogP contribution >= 0.6 is 0 Å². The standard InChI is InChI=1S/C11H20N2O3/c1-12-11(14)8-13-4-6-16-10(7-13)9-3-2-5-15-9/h9-10H,2-8H2,1H3,(H,12,14)/t9-,10+/m1/s1. The average molecular weight is 228 g/mol. The van der Waals surface area contributed by atoms with E-state index in [1.807, 2.05) is 0 Å². The van der Waals surface area contributed by atoms with Gasteiger partial charge < -0.3 is 14.8 Å². The van der Waals surface area contributed by atoms with E-state index >= 15 is 0 Å². The Bertz CT molecular complexity index is 241. The third kappa shape index (κ3) is 2.93. The maximum atomic E-state index is 11.3. The highest BCUT2D eigenvalue weighted by Gasteiger charge is 2.31. The summed E-state index contributed by atoms with van der Waals surface area (Å²) in [6.45, 7) is 3.64. The second kappa shape index (κ2) is 5.61. The predicted molar refractivity (Wildman–Crippen MR) is 59.2 cm³/mol. The largest absolute Gasteiger partial charge is 0.375 e. The van der Waals surface area contributed by atoms with Crippen molar-refractivity contribution >= 4 is 5.91 Å². The van der Waals surface area contributed by atoms with Crippen molar-refractivity contribution in [2.24, 2.45) is 0 Å². The van der Waals surface area contributed by atoms with Gasteiger partial charge in [-0.2, -0.15) is 0 Å². The number of ether oxygens (including phenoxy) is 2. The van der Waals surface area contributed by atoms with Crippen LogP contribution in [0.5, 0.6) is 0 Å². The maximum Gasteiger partial charge on any atom is 0.233 e. The van der Waals surface area contributed by atoms with Gasteiger partial charge in [0.15, 0.2) is 0 Å². The zero-order valence-corrected chi connectivity index (χ0v) is 9.78. The first-order chi connectivity index (χ1) is 7.79. The van der Waals surface area contributed by atoms with Crippen LogP contribution in [0.15, 0.2) is 0 Å². The van der Waals surface area contributed by atoms with Crippen LogP contribution in [0, 0.1) is 0 Å². The normalized spacial score (nSPS) is 31.6. The molecule has 0 aliphatic carbocycles. The van der Waals surface area contributed by atoms with E-state index in [1.54, 1.807) is 7.05 Å². The highest BCUT2D eigenvalue weighted by atomic mass is 16.5. The Labute approximate surface area is 96.1 Å². The smallest absolute Gasteiger partial charge is 0.233 e. The highest BCUT2D eigenvalue weighted by Crippen LogP contribution is 2.20. The topological polar surface area (TPSA) is 50.8 Å². The molecule has 0 aromatic rings. The fraction of sp³-hybridized carbons (Fsp3) is 0.909. The van der Waals surface area contributed by atoms with Gasteiger partial charge in [-0.25, -0.2) is 0 Å². The first-order valence-corrected chi connectivity index (χ1v) is 5.95. The minimum absolute atomic E-state index is 0.0630. The summed E-state index contributed by atoms with van der Waals surface area (Å²) < 4.78 is 11.3. The van der Waals surface area contributed by atoms with E-state index < -0.39 is 0 Å². The first kappa shape index (κ1) is 11.8. The SMILES string of the molecule is CNC(=O)CN1CCO[C@H]([C@H]2CCCO2)C1. The highest BCUT2D eigenvalue weighted by molar-refractivity contribution is 5.77. The summed E-state index contributed by atoms with van der Waals surface area (Å²) in [5, 5.41) is 2.64. The third-order valence-corrected chi connectivity index (χ3v) is 3.20. The molecule has 5 nitrogen and oxygen atoms in total. The zero-order valence-electron chi connectivity index (χ0n) is 9.78.